The van der Waals surface area contributed by atoms with Crippen molar-refractivity contribution in [3.63, 3.8) is 0 Å². The van der Waals surface area contributed by atoms with Crippen LogP contribution in [0, 0.1) is 10.1 Å². The van der Waals surface area contributed by atoms with E-state index in [1.165, 1.54) is 24.3 Å². The molecule has 21 heavy (non-hydrogen) atoms. The predicted molar refractivity (Wildman–Crippen MR) is 81.2 cm³/mol. The third-order valence-corrected chi connectivity index (χ3v) is 4.05. The summed E-state index contributed by atoms with van der Waals surface area (Å²) < 4.78 is 23.9. The number of hydrogen-bond donors (Lipinski definition) is 0. The monoisotopic (exact) mass is 303 g/mol. The van der Waals surface area contributed by atoms with E-state index in [1.54, 1.807) is 30.3 Å². The van der Waals surface area contributed by atoms with Gasteiger partial charge in [0.25, 0.3) is 5.69 Å². The molecule has 0 heterocycles. The molecule has 5 nitrogen and oxygen atoms in total. The first-order valence-corrected chi connectivity index (χ1v) is 7.87. The molecule has 0 amide bonds. The molecule has 2 rings (SSSR count). The van der Waals surface area contributed by atoms with Crippen molar-refractivity contribution in [3.8, 4) is 0 Å². The Morgan fingerprint density at radius 3 is 2.43 bits per heavy atom. The third kappa shape index (κ3) is 4.54. The highest BCUT2D eigenvalue weighted by atomic mass is 32.2. The van der Waals surface area contributed by atoms with Crippen molar-refractivity contribution < 1.29 is 13.3 Å². The zero-order valence-electron chi connectivity index (χ0n) is 11.0. The van der Waals surface area contributed by atoms with Gasteiger partial charge in [0, 0.05) is 17.5 Å². The second-order valence-corrected chi connectivity index (χ2v) is 6.33. The minimum absolute atomic E-state index is 0.0717. The van der Waals surface area contributed by atoms with Crippen molar-refractivity contribution in [3.05, 3.63) is 81.2 Å². The van der Waals surface area contributed by atoms with Gasteiger partial charge in [0.15, 0.2) is 9.84 Å². The zero-order valence-corrected chi connectivity index (χ0v) is 11.9. The highest BCUT2D eigenvalue weighted by Crippen LogP contribution is 2.15. The van der Waals surface area contributed by atoms with Gasteiger partial charge in [0.2, 0.25) is 0 Å². The minimum Gasteiger partial charge on any atom is -0.258 e. The van der Waals surface area contributed by atoms with E-state index in [-0.39, 0.29) is 11.4 Å². The fourth-order valence-corrected chi connectivity index (χ4v) is 2.90. The molecule has 2 aromatic carbocycles. The van der Waals surface area contributed by atoms with E-state index in [9.17, 15) is 18.5 Å². The number of benzene rings is 2. The molecule has 6 heteroatoms. The van der Waals surface area contributed by atoms with Crippen molar-refractivity contribution in [1.29, 1.82) is 0 Å². The summed E-state index contributed by atoms with van der Waals surface area (Å²) in [5.74, 6) is -0.0979. The average molecular weight is 303 g/mol. The lowest BCUT2D eigenvalue weighted by atomic mass is 10.2. The van der Waals surface area contributed by atoms with Crippen LogP contribution in [0.2, 0.25) is 0 Å². The SMILES string of the molecule is O=[N+]([O-])c1cccc(/C=C\S(=O)(=O)Cc2ccccc2)c1. The molecule has 0 saturated heterocycles. The van der Waals surface area contributed by atoms with Crippen molar-refractivity contribution in [2.75, 3.05) is 0 Å². The van der Waals surface area contributed by atoms with Crippen LogP contribution in [0.25, 0.3) is 6.08 Å². The van der Waals surface area contributed by atoms with Gasteiger partial charge in [-0.25, -0.2) is 8.42 Å². The lowest BCUT2D eigenvalue weighted by Gasteiger charge is -1.99. The third-order valence-electron chi connectivity index (χ3n) is 2.76. The molecule has 0 saturated carbocycles. The van der Waals surface area contributed by atoms with E-state index in [4.69, 9.17) is 0 Å². The molecular weight excluding hydrogens is 290 g/mol. The van der Waals surface area contributed by atoms with Crippen molar-refractivity contribution in [2.24, 2.45) is 0 Å². The number of nitrogens with zero attached hydrogens (tertiary/aromatic N) is 1. The highest BCUT2D eigenvalue weighted by molar-refractivity contribution is 7.93. The fourth-order valence-electron chi connectivity index (χ4n) is 1.78. The smallest absolute Gasteiger partial charge is 0.258 e. The first-order valence-electron chi connectivity index (χ1n) is 6.15. The summed E-state index contributed by atoms with van der Waals surface area (Å²) in [7, 11) is -3.42. The lowest BCUT2D eigenvalue weighted by molar-refractivity contribution is -0.384. The van der Waals surface area contributed by atoms with E-state index in [1.807, 2.05) is 6.07 Å². The zero-order chi connectivity index (χ0) is 15.3. The first-order chi connectivity index (χ1) is 9.96. The minimum atomic E-state index is -3.42. The summed E-state index contributed by atoms with van der Waals surface area (Å²) in [4.78, 5) is 10.1. The van der Waals surface area contributed by atoms with E-state index in [0.717, 1.165) is 5.41 Å². The topological polar surface area (TPSA) is 77.3 Å². The molecule has 2 aromatic rings. The molecule has 0 radical (unpaired) electrons. The largest absolute Gasteiger partial charge is 0.270 e. The molecule has 0 unspecified atom stereocenters. The Hall–Kier alpha value is -2.47. The Labute approximate surface area is 122 Å². The summed E-state index contributed by atoms with van der Waals surface area (Å²) in [6.07, 6.45) is 1.37. The summed E-state index contributed by atoms with van der Waals surface area (Å²) in [5.41, 5.74) is 1.10. The quantitative estimate of drug-likeness (QED) is 0.628. The molecule has 0 aliphatic heterocycles. The fraction of sp³-hybridized carbons (Fsp3) is 0.0667. The molecule has 0 atom stereocenters. The van der Waals surface area contributed by atoms with Gasteiger partial charge in [-0.05, 0) is 17.2 Å². The van der Waals surface area contributed by atoms with E-state index in [0.29, 0.717) is 11.1 Å². The molecule has 0 aliphatic carbocycles. The van der Waals surface area contributed by atoms with Gasteiger partial charge in [-0.3, -0.25) is 10.1 Å². The second kappa shape index (κ2) is 6.32. The molecule has 0 fully saturated rings. The number of non-ortho nitro benzene ring substituents is 1. The molecule has 0 N–H and O–H groups in total. The standard InChI is InChI=1S/C15H13NO4S/c17-16(18)15-8-4-7-13(11-15)9-10-21(19,20)12-14-5-2-1-3-6-14/h1-11H,12H2/b10-9-. The van der Waals surface area contributed by atoms with Crippen molar-refractivity contribution in [2.45, 2.75) is 5.75 Å². The van der Waals surface area contributed by atoms with Crippen LogP contribution in [0.1, 0.15) is 11.1 Å². The Morgan fingerprint density at radius 1 is 1.05 bits per heavy atom. The van der Waals surface area contributed by atoms with Crippen molar-refractivity contribution in [1.82, 2.24) is 0 Å². The number of nitro groups is 1. The van der Waals surface area contributed by atoms with Gasteiger partial charge >= 0.3 is 0 Å². The Kier molecular flexibility index (Phi) is 4.49. The van der Waals surface area contributed by atoms with E-state index >= 15 is 0 Å². The van der Waals surface area contributed by atoms with Gasteiger partial charge < -0.3 is 0 Å². The first kappa shape index (κ1) is 14.9. The maximum absolute atomic E-state index is 12.0. The maximum Gasteiger partial charge on any atom is 0.270 e. The highest BCUT2D eigenvalue weighted by Gasteiger charge is 2.08. The normalized spacial score (nSPS) is 11.6. The summed E-state index contributed by atoms with van der Waals surface area (Å²) >= 11 is 0. The van der Waals surface area contributed by atoms with Crippen LogP contribution in [0.3, 0.4) is 0 Å². The van der Waals surface area contributed by atoms with Crippen LogP contribution in [0.15, 0.2) is 60.0 Å². The average Bonchev–Trinajstić information content (AvgIpc) is 2.46. The van der Waals surface area contributed by atoms with Gasteiger partial charge in [-0.2, -0.15) is 0 Å². The summed E-state index contributed by atoms with van der Waals surface area (Å²) in [5, 5.41) is 11.7. The van der Waals surface area contributed by atoms with Crippen LogP contribution < -0.4 is 0 Å². The second-order valence-electron chi connectivity index (χ2n) is 4.45. The Bertz CT molecular complexity index is 767. The number of hydrogen-bond acceptors (Lipinski definition) is 4. The van der Waals surface area contributed by atoms with Gasteiger partial charge in [0.1, 0.15) is 0 Å². The van der Waals surface area contributed by atoms with E-state index < -0.39 is 14.8 Å². The summed E-state index contributed by atoms with van der Waals surface area (Å²) in [6, 6.07) is 14.6. The molecule has 108 valence electrons. The van der Waals surface area contributed by atoms with Crippen LogP contribution in [-0.2, 0) is 15.6 Å². The van der Waals surface area contributed by atoms with Crippen molar-refractivity contribution >= 4 is 21.6 Å². The number of sulfone groups is 1. The molecule has 0 spiro atoms. The maximum atomic E-state index is 12.0. The van der Waals surface area contributed by atoms with Crippen LogP contribution in [0.4, 0.5) is 5.69 Å². The number of rotatable bonds is 5. The van der Waals surface area contributed by atoms with Gasteiger partial charge in [-0.1, -0.05) is 42.5 Å². The Balaban J connectivity index is 2.16. The predicted octanol–water partition coefficient (Wildman–Crippen LogP) is 3.18. The molecular formula is C15H13NO4S. The molecule has 0 bridgehead atoms. The van der Waals surface area contributed by atoms with Crippen LogP contribution in [-0.4, -0.2) is 13.3 Å². The van der Waals surface area contributed by atoms with Gasteiger partial charge in [0.05, 0.1) is 10.7 Å². The number of nitro benzene ring substituents is 1. The van der Waals surface area contributed by atoms with E-state index in [2.05, 4.69) is 0 Å². The van der Waals surface area contributed by atoms with Gasteiger partial charge in [-0.15, -0.1) is 0 Å². The lowest BCUT2D eigenvalue weighted by Crippen LogP contribution is -1.99. The van der Waals surface area contributed by atoms with Crippen LogP contribution in [0.5, 0.6) is 0 Å². The Morgan fingerprint density at radius 2 is 1.76 bits per heavy atom. The molecule has 0 aromatic heterocycles. The van der Waals surface area contributed by atoms with Crippen LogP contribution >= 0.6 is 0 Å². The summed E-state index contributed by atoms with van der Waals surface area (Å²) in [6.45, 7) is 0. The molecule has 0 aliphatic rings.